The highest BCUT2D eigenvalue weighted by Crippen LogP contribution is 2.09. The van der Waals surface area contributed by atoms with E-state index in [9.17, 15) is 4.79 Å². The number of H-pyrrole nitrogens is 1. The average molecular weight is 263 g/mol. The third-order valence-corrected chi connectivity index (χ3v) is 1.84. The lowest BCUT2D eigenvalue weighted by Crippen LogP contribution is -2.24. The molecule has 2 rings (SSSR count). The van der Waals surface area contributed by atoms with Crippen molar-refractivity contribution in [1.29, 1.82) is 0 Å². The molecule has 0 radical (unpaired) electrons. The van der Waals surface area contributed by atoms with Gasteiger partial charge in [0.2, 0.25) is 22.4 Å². The first-order valence-corrected chi connectivity index (χ1v) is 4.65. The Kier molecular flexibility index (Phi) is 2.67. The minimum atomic E-state index is -0.592. The molecule has 2 aromatic heterocycles. The van der Waals surface area contributed by atoms with E-state index >= 15 is 0 Å². The Balaban J connectivity index is 2.33. The van der Waals surface area contributed by atoms with Crippen LogP contribution in [0.2, 0.25) is 10.6 Å². The highest BCUT2D eigenvalue weighted by Gasteiger charge is 2.06. The molecule has 0 spiro atoms. The first-order chi connectivity index (χ1) is 7.54. The number of nitrogens with one attached hydrogen (secondary N) is 2. The fraction of sp³-hybridized carbons (Fsp3) is 0. The number of aromatic hydroxyl groups is 1. The summed E-state index contributed by atoms with van der Waals surface area (Å²) in [5.41, 5.74) is 1.86. The molecule has 16 heavy (non-hydrogen) atoms. The SMILES string of the molecule is O=c1[nH]c(O)cn1Nc1nc(Cl)nc(Cl)n1. The van der Waals surface area contributed by atoms with Crippen molar-refractivity contribution in [3.63, 3.8) is 0 Å². The van der Waals surface area contributed by atoms with Crippen LogP contribution in [0.1, 0.15) is 0 Å². The number of nitrogens with zero attached hydrogens (tertiary/aromatic N) is 4. The lowest BCUT2D eigenvalue weighted by Gasteiger charge is -2.03. The highest BCUT2D eigenvalue weighted by atomic mass is 35.5. The molecule has 2 heterocycles. The molecule has 0 aliphatic carbocycles. The molecule has 8 nitrogen and oxygen atoms in total. The zero-order chi connectivity index (χ0) is 11.7. The minimum Gasteiger partial charge on any atom is -0.493 e. The summed E-state index contributed by atoms with van der Waals surface area (Å²) in [5, 5.41) is 8.77. The van der Waals surface area contributed by atoms with Crippen LogP contribution in [-0.4, -0.2) is 29.7 Å². The molecule has 0 aliphatic rings. The lowest BCUT2D eigenvalue weighted by atomic mass is 10.9. The minimum absolute atomic E-state index is 0.0221. The van der Waals surface area contributed by atoms with Crippen molar-refractivity contribution in [2.24, 2.45) is 0 Å². The van der Waals surface area contributed by atoms with E-state index in [0.717, 1.165) is 10.9 Å². The van der Waals surface area contributed by atoms with Crippen LogP contribution in [0.4, 0.5) is 5.95 Å². The summed E-state index contributed by atoms with van der Waals surface area (Å²) >= 11 is 11.1. The number of rotatable bonds is 2. The standard InChI is InChI=1S/C6H4Cl2N6O2/c7-3-10-4(8)12-5(11-3)13-14-1-2(15)9-6(14)16/h1,15H,(H,9,16)(H,10,11,12,13). The number of aromatic amines is 1. The molecule has 0 fully saturated rings. The summed E-state index contributed by atoms with van der Waals surface area (Å²) in [6, 6.07) is 0. The number of imidazole rings is 1. The molecule has 0 unspecified atom stereocenters. The van der Waals surface area contributed by atoms with Crippen LogP contribution in [0.25, 0.3) is 0 Å². The van der Waals surface area contributed by atoms with Gasteiger partial charge in [0.1, 0.15) is 0 Å². The zero-order valence-electron chi connectivity index (χ0n) is 7.48. The van der Waals surface area contributed by atoms with Crippen molar-refractivity contribution in [1.82, 2.24) is 24.6 Å². The van der Waals surface area contributed by atoms with E-state index in [1.807, 2.05) is 0 Å². The molecule has 2 aromatic rings. The maximum Gasteiger partial charge on any atom is 0.347 e. The van der Waals surface area contributed by atoms with Crippen molar-refractivity contribution >= 4 is 29.2 Å². The largest absolute Gasteiger partial charge is 0.493 e. The number of halogens is 2. The molecule has 84 valence electrons. The van der Waals surface area contributed by atoms with Gasteiger partial charge in [0.15, 0.2) is 0 Å². The van der Waals surface area contributed by atoms with Gasteiger partial charge in [-0.05, 0) is 23.2 Å². The van der Waals surface area contributed by atoms with E-state index in [2.05, 4.69) is 25.4 Å². The lowest BCUT2D eigenvalue weighted by molar-refractivity contribution is 0.455. The first-order valence-electron chi connectivity index (χ1n) is 3.89. The van der Waals surface area contributed by atoms with E-state index in [0.29, 0.717) is 0 Å². The third-order valence-electron chi connectivity index (χ3n) is 1.51. The van der Waals surface area contributed by atoms with Crippen LogP contribution >= 0.6 is 23.2 Å². The molecular weight excluding hydrogens is 259 g/mol. The van der Waals surface area contributed by atoms with Crippen LogP contribution < -0.4 is 11.1 Å². The maximum atomic E-state index is 11.2. The number of hydrogen-bond donors (Lipinski definition) is 3. The van der Waals surface area contributed by atoms with Crippen LogP contribution in [-0.2, 0) is 0 Å². The zero-order valence-corrected chi connectivity index (χ0v) is 8.99. The van der Waals surface area contributed by atoms with Gasteiger partial charge in [-0.2, -0.15) is 15.0 Å². The smallest absolute Gasteiger partial charge is 0.347 e. The monoisotopic (exact) mass is 262 g/mol. The van der Waals surface area contributed by atoms with Crippen molar-refractivity contribution in [3.05, 3.63) is 27.2 Å². The normalized spacial score (nSPS) is 10.4. The summed E-state index contributed by atoms with van der Waals surface area (Å²) in [4.78, 5) is 24.2. The molecule has 0 aliphatic heterocycles. The molecule has 10 heteroatoms. The van der Waals surface area contributed by atoms with Crippen molar-refractivity contribution in [2.45, 2.75) is 0 Å². The Morgan fingerprint density at radius 1 is 1.31 bits per heavy atom. The first kappa shape index (κ1) is 10.7. The van der Waals surface area contributed by atoms with E-state index in [-0.39, 0.29) is 22.4 Å². The van der Waals surface area contributed by atoms with Crippen LogP contribution in [0.3, 0.4) is 0 Å². The number of hydrogen-bond acceptors (Lipinski definition) is 6. The highest BCUT2D eigenvalue weighted by molar-refractivity contribution is 6.31. The molecule has 0 aromatic carbocycles. The summed E-state index contributed by atoms with van der Waals surface area (Å²) in [5.74, 6) is -0.324. The summed E-state index contributed by atoms with van der Waals surface area (Å²) < 4.78 is 0.928. The van der Waals surface area contributed by atoms with Gasteiger partial charge in [0.05, 0.1) is 6.20 Å². The van der Waals surface area contributed by atoms with Crippen molar-refractivity contribution < 1.29 is 5.11 Å². The third kappa shape index (κ3) is 2.23. The summed E-state index contributed by atoms with van der Waals surface area (Å²) in [7, 11) is 0. The molecule has 0 atom stereocenters. The van der Waals surface area contributed by atoms with Crippen molar-refractivity contribution in [2.75, 3.05) is 5.43 Å². The molecular formula is C6H4Cl2N6O2. The molecule has 0 amide bonds. The number of aromatic nitrogens is 5. The van der Waals surface area contributed by atoms with Gasteiger partial charge in [-0.1, -0.05) is 0 Å². The van der Waals surface area contributed by atoms with E-state index in [4.69, 9.17) is 28.3 Å². The average Bonchev–Trinajstić information content (AvgIpc) is 2.43. The predicted molar refractivity (Wildman–Crippen MR) is 55.6 cm³/mol. The Morgan fingerprint density at radius 2 is 1.94 bits per heavy atom. The quantitative estimate of drug-likeness (QED) is 0.716. The Hall–Kier alpha value is -1.80. The fourth-order valence-electron chi connectivity index (χ4n) is 0.950. The van der Waals surface area contributed by atoms with E-state index < -0.39 is 5.69 Å². The Morgan fingerprint density at radius 3 is 2.44 bits per heavy atom. The maximum absolute atomic E-state index is 11.2. The van der Waals surface area contributed by atoms with Gasteiger partial charge in [-0.25, -0.2) is 9.47 Å². The summed E-state index contributed by atoms with van der Waals surface area (Å²) in [6.07, 6.45) is 1.11. The molecule has 3 N–H and O–H groups in total. The molecule has 0 saturated heterocycles. The molecule has 0 saturated carbocycles. The van der Waals surface area contributed by atoms with Crippen molar-refractivity contribution in [3.8, 4) is 5.88 Å². The second kappa shape index (κ2) is 3.99. The second-order valence-electron chi connectivity index (χ2n) is 2.62. The Bertz CT molecular complexity index is 558. The topological polar surface area (TPSA) is 109 Å². The van der Waals surface area contributed by atoms with Crippen LogP contribution in [0.15, 0.2) is 11.0 Å². The van der Waals surface area contributed by atoms with Gasteiger partial charge in [0, 0.05) is 0 Å². The van der Waals surface area contributed by atoms with Gasteiger partial charge in [-0.15, -0.1) is 0 Å². The van der Waals surface area contributed by atoms with Gasteiger partial charge in [0.25, 0.3) is 0 Å². The molecule has 0 bridgehead atoms. The Labute approximate surface area is 97.9 Å². The fourth-order valence-corrected chi connectivity index (χ4v) is 1.31. The van der Waals surface area contributed by atoms with Gasteiger partial charge in [-0.3, -0.25) is 10.4 Å². The van der Waals surface area contributed by atoms with Crippen LogP contribution in [0.5, 0.6) is 5.88 Å². The predicted octanol–water partition coefficient (Wildman–Crippen LogP) is 0.249. The second-order valence-corrected chi connectivity index (χ2v) is 3.30. The van der Waals surface area contributed by atoms with E-state index in [1.54, 1.807) is 0 Å². The number of anilines is 1. The van der Waals surface area contributed by atoms with Crippen LogP contribution in [0, 0.1) is 0 Å². The van der Waals surface area contributed by atoms with Gasteiger partial charge < -0.3 is 5.11 Å². The van der Waals surface area contributed by atoms with E-state index in [1.165, 1.54) is 0 Å². The van der Waals surface area contributed by atoms with Gasteiger partial charge >= 0.3 is 5.69 Å². The summed E-state index contributed by atoms with van der Waals surface area (Å²) in [6.45, 7) is 0.